The molecular formula is C12H13ClN2O. The Balaban J connectivity index is 2.05. The van der Waals surface area contributed by atoms with Crippen LogP contribution in [0.25, 0.3) is 0 Å². The fourth-order valence-corrected chi connectivity index (χ4v) is 1.56. The number of hydrogen-bond acceptors (Lipinski definition) is 2. The van der Waals surface area contributed by atoms with Gasteiger partial charge in [0.05, 0.1) is 0 Å². The third-order valence-electron chi connectivity index (χ3n) is 2.48. The maximum Gasteiger partial charge on any atom is 0.146 e. The highest BCUT2D eigenvalue weighted by molar-refractivity contribution is 6.30. The summed E-state index contributed by atoms with van der Waals surface area (Å²) in [4.78, 5) is 4.26. The second-order valence-electron chi connectivity index (χ2n) is 3.62. The zero-order valence-electron chi connectivity index (χ0n) is 9.27. The minimum Gasteiger partial charge on any atom is -0.486 e. The summed E-state index contributed by atoms with van der Waals surface area (Å²) in [6, 6.07) is 7.35. The number of aromatic nitrogens is 2. The molecule has 0 bridgehead atoms. The Morgan fingerprint density at radius 1 is 1.44 bits per heavy atom. The van der Waals surface area contributed by atoms with Gasteiger partial charge >= 0.3 is 0 Å². The molecule has 0 aliphatic rings. The van der Waals surface area contributed by atoms with Crippen LogP contribution < -0.4 is 4.74 Å². The second-order valence-corrected chi connectivity index (χ2v) is 4.06. The van der Waals surface area contributed by atoms with Crippen LogP contribution in [-0.4, -0.2) is 9.55 Å². The zero-order valence-corrected chi connectivity index (χ0v) is 10.0. The van der Waals surface area contributed by atoms with Gasteiger partial charge in [-0.2, -0.15) is 0 Å². The van der Waals surface area contributed by atoms with Crippen LogP contribution in [0.1, 0.15) is 11.5 Å². The third kappa shape index (κ3) is 2.36. The number of benzene rings is 1. The molecular weight excluding hydrogens is 224 g/mol. The van der Waals surface area contributed by atoms with Gasteiger partial charge in [0.25, 0.3) is 0 Å². The molecule has 1 aromatic carbocycles. The lowest BCUT2D eigenvalue weighted by molar-refractivity contribution is 0.291. The molecule has 84 valence electrons. The summed E-state index contributed by atoms with van der Waals surface area (Å²) in [7, 11) is 1.97. The van der Waals surface area contributed by atoms with Crippen molar-refractivity contribution in [3.05, 3.63) is 47.0 Å². The molecule has 1 aromatic heterocycles. The van der Waals surface area contributed by atoms with Crippen molar-refractivity contribution < 1.29 is 4.74 Å². The van der Waals surface area contributed by atoms with Crippen LogP contribution in [0.5, 0.6) is 5.75 Å². The maximum atomic E-state index is 5.86. The normalized spacial score (nSPS) is 10.4. The largest absolute Gasteiger partial charge is 0.486 e. The number of hydrogen-bond donors (Lipinski definition) is 0. The Morgan fingerprint density at radius 2 is 2.25 bits per heavy atom. The van der Waals surface area contributed by atoms with E-state index in [4.69, 9.17) is 16.3 Å². The molecule has 16 heavy (non-hydrogen) atoms. The quantitative estimate of drug-likeness (QED) is 0.819. The van der Waals surface area contributed by atoms with Crippen LogP contribution in [0.4, 0.5) is 0 Å². The van der Waals surface area contributed by atoms with Crippen molar-refractivity contribution >= 4 is 11.6 Å². The molecule has 0 saturated carbocycles. The molecule has 4 heteroatoms. The summed E-state index contributed by atoms with van der Waals surface area (Å²) in [5, 5.41) is 0.675. The van der Waals surface area contributed by atoms with E-state index in [2.05, 4.69) is 4.98 Å². The molecule has 0 aliphatic carbocycles. The van der Waals surface area contributed by atoms with Gasteiger partial charge in [0.15, 0.2) is 0 Å². The number of nitrogens with zero attached hydrogens (tertiary/aromatic N) is 2. The topological polar surface area (TPSA) is 27.1 Å². The van der Waals surface area contributed by atoms with Gasteiger partial charge in [0.2, 0.25) is 0 Å². The van der Waals surface area contributed by atoms with Gasteiger partial charge in [-0.1, -0.05) is 17.7 Å². The molecule has 2 aromatic rings. The van der Waals surface area contributed by atoms with Crippen molar-refractivity contribution in [2.75, 3.05) is 0 Å². The van der Waals surface area contributed by atoms with Crippen molar-refractivity contribution in [1.82, 2.24) is 9.55 Å². The maximum absolute atomic E-state index is 5.86. The molecule has 0 saturated heterocycles. The Labute approximate surface area is 99.6 Å². The number of aryl methyl sites for hydroxylation is 1. The van der Waals surface area contributed by atoms with Crippen molar-refractivity contribution in [3.8, 4) is 5.75 Å². The van der Waals surface area contributed by atoms with E-state index in [1.807, 2.05) is 42.9 Å². The van der Waals surface area contributed by atoms with E-state index in [-0.39, 0.29) is 0 Å². The number of ether oxygens (including phenoxy) is 1. The van der Waals surface area contributed by atoms with Crippen LogP contribution in [0.2, 0.25) is 5.02 Å². The smallest absolute Gasteiger partial charge is 0.146 e. The average molecular weight is 237 g/mol. The van der Waals surface area contributed by atoms with Gasteiger partial charge in [0.1, 0.15) is 18.2 Å². The molecule has 0 radical (unpaired) electrons. The highest BCUT2D eigenvalue weighted by Crippen LogP contribution is 2.18. The van der Waals surface area contributed by atoms with Crippen LogP contribution in [0, 0.1) is 6.92 Å². The molecule has 0 spiro atoms. The van der Waals surface area contributed by atoms with Gasteiger partial charge in [-0.25, -0.2) is 4.98 Å². The van der Waals surface area contributed by atoms with E-state index < -0.39 is 0 Å². The number of imidazole rings is 1. The summed E-state index contributed by atoms with van der Waals surface area (Å²) < 4.78 is 7.60. The van der Waals surface area contributed by atoms with E-state index in [0.29, 0.717) is 11.6 Å². The van der Waals surface area contributed by atoms with Gasteiger partial charge in [0, 0.05) is 24.0 Å². The summed E-state index contributed by atoms with van der Waals surface area (Å²) in [5.41, 5.74) is 1.12. The van der Waals surface area contributed by atoms with E-state index in [0.717, 1.165) is 17.3 Å². The predicted octanol–water partition coefficient (Wildman–Crippen LogP) is 2.96. The summed E-state index contributed by atoms with van der Waals surface area (Å²) in [6.07, 6.45) is 1.83. The van der Waals surface area contributed by atoms with Crippen LogP contribution in [-0.2, 0) is 13.7 Å². The second kappa shape index (κ2) is 4.58. The highest BCUT2D eigenvalue weighted by atomic mass is 35.5. The van der Waals surface area contributed by atoms with Crippen molar-refractivity contribution in [2.24, 2.45) is 7.05 Å². The first kappa shape index (κ1) is 11.0. The monoisotopic (exact) mass is 236 g/mol. The summed E-state index contributed by atoms with van der Waals surface area (Å²) >= 11 is 5.86. The first-order valence-corrected chi connectivity index (χ1v) is 5.40. The van der Waals surface area contributed by atoms with Gasteiger partial charge in [-0.3, -0.25) is 0 Å². The molecule has 0 unspecified atom stereocenters. The molecule has 2 rings (SSSR count). The van der Waals surface area contributed by atoms with Crippen LogP contribution >= 0.6 is 11.6 Å². The Kier molecular flexibility index (Phi) is 3.15. The number of halogens is 1. The van der Waals surface area contributed by atoms with Gasteiger partial charge < -0.3 is 9.30 Å². The lowest BCUT2D eigenvalue weighted by atomic mass is 10.3. The Hall–Kier alpha value is -1.48. The van der Waals surface area contributed by atoms with E-state index in [9.17, 15) is 0 Å². The fourth-order valence-electron chi connectivity index (χ4n) is 1.38. The van der Waals surface area contributed by atoms with Crippen LogP contribution in [0.3, 0.4) is 0 Å². The lowest BCUT2D eigenvalue weighted by Gasteiger charge is -2.06. The Bertz CT molecular complexity index is 494. The summed E-state index contributed by atoms with van der Waals surface area (Å²) in [6.45, 7) is 2.46. The van der Waals surface area contributed by atoms with Crippen LogP contribution in [0.15, 0.2) is 30.5 Å². The first-order chi connectivity index (χ1) is 7.66. The number of rotatable bonds is 3. The van der Waals surface area contributed by atoms with Gasteiger partial charge in [-0.05, 0) is 25.1 Å². The van der Waals surface area contributed by atoms with Gasteiger partial charge in [-0.15, -0.1) is 0 Å². The standard InChI is InChI=1S/C12H13ClN2O/c1-9-7-14-12(15(9)2)8-16-11-5-3-4-10(13)6-11/h3-7H,8H2,1-2H3. The Morgan fingerprint density at radius 3 is 2.88 bits per heavy atom. The molecule has 0 amide bonds. The summed E-state index contributed by atoms with van der Waals surface area (Å²) in [5.74, 6) is 1.66. The SMILES string of the molecule is Cc1cnc(COc2cccc(Cl)c2)n1C. The van der Waals surface area contributed by atoms with Crippen molar-refractivity contribution in [2.45, 2.75) is 13.5 Å². The molecule has 0 atom stereocenters. The first-order valence-electron chi connectivity index (χ1n) is 5.02. The highest BCUT2D eigenvalue weighted by Gasteiger charge is 2.03. The van der Waals surface area contributed by atoms with E-state index in [1.54, 1.807) is 6.07 Å². The molecule has 0 fully saturated rings. The molecule has 3 nitrogen and oxygen atoms in total. The predicted molar refractivity (Wildman–Crippen MR) is 63.7 cm³/mol. The van der Waals surface area contributed by atoms with E-state index in [1.165, 1.54) is 0 Å². The molecule has 1 heterocycles. The van der Waals surface area contributed by atoms with E-state index >= 15 is 0 Å². The minimum atomic E-state index is 0.449. The average Bonchev–Trinajstić information content (AvgIpc) is 2.57. The lowest BCUT2D eigenvalue weighted by Crippen LogP contribution is -2.04. The fraction of sp³-hybridized carbons (Fsp3) is 0.250. The molecule has 0 N–H and O–H groups in total. The van der Waals surface area contributed by atoms with Crippen molar-refractivity contribution in [3.63, 3.8) is 0 Å². The van der Waals surface area contributed by atoms with Crippen molar-refractivity contribution in [1.29, 1.82) is 0 Å². The molecule has 0 aliphatic heterocycles. The minimum absolute atomic E-state index is 0.449. The third-order valence-corrected chi connectivity index (χ3v) is 2.72. The zero-order chi connectivity index (χ0) is 11.5.